The number of aliphatic hydroxyl groups excluding tert-OH is 1. The monoisotopic (exact) mass is 569 g/mol. The van der Waals surface area contributed by atoms with Gasteiger partial charge in [-0.25, -0.2) is 4.79 Å². The van der Waals surface area contributed by atoms with Crippen LogP contribution in [0.3, 0.4) is 0 Å². The molecule has 0 spiro atoms. The van der Waals surface area contributed by atoms with Gasteiger partial charge in [0, 0.05) is 49.1 Å². The van der Waals surface area contributed by atoms with E-state index in [1.54, 1.807) is 23.1 Å². The zero-order valence-corrected chi connectivity index (χ0v) is 24.7. The van der Waals surface area contributed by atoms with Crippen LogP contribution in [0.5, 0.6) is 0 Å². The molecule has 220 valence electrons. The van der Waals surface area contributed by atoms with Gasteiger partial charge >= 0.3 is 5.97 Å². The number of carbonyl (C=O) groups is 2. The van der Waals surface area contributed by atoms with Gasteiger partial charge in [-0.15, -0.1) is 0 Å². The van der Waals surface area contributed by atoms with Crippen molar-refractivity contribution in [1.82, 2.24) is 14.4 Å². The minimum absolute atomic E-state index is 0.0563. The number of hydrogen-bond donors (Lipinski definition) is 2. The van der Waals surface area contributed by atoms with Gasteiger partial charge in [-0.2, -0.15) is 0 Å². The molecule has 8 heteroatoms. The normalized spacial score (nSPS) is 18.4. The molecule has 3 aromatic carbocycles. The lowest BCUT2D eigenvalue weighted by molar-refractivity contribution is -0.0242. The van der Waals surface area contributed by atoms with E-state index in [4.69, 9.17) is 4.74 Å². The van der Waals surface area contributed by atoms with Crippen molar-refractivity contribution in [2.45, 2.75) is 39.1 Å². The third kappa shape index (κ3) is 5.83. The molecule has 0 fully saturated rings. The van der Waals surface area contributed by atoms with E-state index >= 15 is 0 Å². The zero-order chi connectivity index (χ0) is 30.0. The van der Waals surface area contributed by atoms with Crippen LogP contribution in [0, 0.1) is 5.92 Å². The largest absolute Gasteiger partial charge is 0.478 e. The Morgan fingerprint density at radius 3 is 2.60 bits per heavy atom. The molecule has 8 nitrogen and oxygen atoms in total. The van der Waals surface area contributed by atoms with Crippen molar-refractivity contribution < 1.29 is 24.5 Å². The van der Waals surface area contributed by atoms with Crippen molar-refractivity contribution in [2.75, 3.05) is 26.7 Å². The molecule has 0 aliphatic carbocycles. The number of carbonyl (C=O) groups excluding carboxylic acids is 1. The first kappa shape index (κ1) is 29.5. The molecule has 3 atom stereocenters. The molecule has 1 aliphatic heterocycles. The van der Waals surface area contributed by atoms with Crippen LogP contribution in [0.4, 0.5) is 0 Å². The first-order chi connectivity index (χ1) is 20.2. The molecule has 5 rings (SSSR count). The number of aromatic carboxylic acids is 1. The fourth-order valence-electron chi connectivity index (χ4n) is 6.01. The van der Waals surface area contributed by atoms with Crippen LogP contribution in [0.1, 0.15) is 45.8 Å². The Morgan fingerprint density at radius 1 is 1.10 bits per heavy atom. The predicted molar refractivity (Wildman–Crippen MR) is 163 cm³/mol. The van der Waals surface area contributed by atoms with Crippen molar-refractivity contribution in [1.29, 1.82) is 0 Å². The molecule has 0 bridgehead atoms. The van der Waals surface area contributed by atoms with Crippen molar-refractivity contribution in [2.24, 2.45) is 13.0 Å². The Hall–Kier alpha value is -3.98. The Kier molecular flexibility index (Phi) is 8.77. The molecule has 1 aliphatic rings. The zero-order valence-electron chi connectivity index (χ0n) is 24.7. The lowest BCUT2D eigenvalue weighted by atomic mass is 9.96. The number of nitrogens with zero attached hydrogens (tertiary/aromatic N) is 3. The average Bonchev–Trinajstić information content (AvgIpc) is 3.28. The molecule has 0 saturated heterocycles. The second kappa shape index (κ2) is 12.5. The summed E-state index contributed by atoms with van der Waals surface area (Å²) in [5.41, 5.74) is 5.58. The highest BCUT2D eigenvalue weighted by atomic mass is 16.5. The molecule has 0 unspecified atom stereocenters. The van der Waals surface area contributed by atoms with Crippen LogP contribution >= 0.6 is 0 Å². The maximum Gasteiger partial charge on any atom is 0.335 e. The van der Waals surface area contributed by atoms with Crippen LogP contribution in [-0.2, 0) is 24.9 Å². The summed E-state index contributed by atoms with van der Waals surface area (Å²) < 4.78 is 8.64. The minimum atomic E-state index is -0.949. The fourth-order valence-corrected chi connectivity index (χ4v) is 6.01. The summed E-state index contributed by atoms with van der Waals surface area (Å²) in [7, 11) is 3.92. The SMILES string of the molecule is C[C@H](CO)N1C[C@H](C)[C@H](CN(C)Cc2cccc(C(=O)O)c2)OCc2ccccc2-c2c(n(C)c3ccccc23)C1=O. The van der Waals surface area contributed by atoms with E-state index in [2.05, 4.69) is 30.0 Å². The number of aryl methyl sites for hydroxylation is 1. The van der Waals surface area contributed by atoms with Gasteiger partial charge in [0.15, 0.2) is 0 Å². The van der Waals surface area contributed by atoms with Gasteiger partial charge in [0.05, 0.1) is 30.9 Å². The predicted octanol–water partition coefficient (Wildman–Crippen LogP) is 5.03. The summed E-state index contributed by atoms with van der Waals surface area (Å²) in [5, 5.41) is 20.6. The maximum absolute atomic E-state index is 14.5. The fraction of sp³-hybridized carbons (Fsp3) is 0.353. The Morgan fingerprint density at radius 2 is 1.83 bits per heavy atom. The first-order valence-electron chi connectivity index (χ1n) is 14.4. The van der Waals surface area contributed by atoms with E-state index < -0.39 is 5.97 Å². The summed E-state index contributed by atoms with van der Waals surface area (Å²) in [4.78, 5) is 29.8. The third-order valence-corrected chi connectivity index (χ3v) is 8.34. The number of aromatic nitrogens is 1. The van der Waals surface area contributed by atoms with E-state index in [1.165, 1.54) is 0 Å². The minimum Gasteiger partial charge on any atom is -0.478 e. The standard InChI is InChI=1S/C34H39N3O5/c1-22-17-37(23(2)20-38)33(39)32-31(28-14-7-8-15-29(28)36(32)4)27-13-6-5-11-26(27)21-42-30(22)19-35(3)18-24-10-9-12-25(16-24)34(40)41/h5-16,22-23,30,38H,17-21H2,1-4H3,(H,40,41)/t22-,23+,30-/m0/s1. The van der Waals surface area contributed by atoms with Crippen LogP contribution in [0.25, 0.3) is 22.0 Å². The number of benzene rings is 3. The lowest BCUT2D eigenvalue weighted by Crippen LogP contribution is -2.47. The van der Waals surface area contributed by atoms with Gasteiger partial charge in [0.2, 0.25) is 0 Å². The quantitative estimate of drug-likeness (QED) is 0.324. The summed E-state index contributed by atoms with van der Waals surface area (Å²) in [6.07, 6.45) is -0.232. The summed E-state index contributed by atoms with van der Waals surface area (Å²) in [5.74, 6) is -1.12. The topological polar surface area (TPSA) is 95.2 Å². The van der Waals surface area contributed by atoms with E-state index in [0.717, 1.165) is 33.2 Å². The number of aliphatic hydroxyl groups is 1. The number of ether oxygens (including phenoxy) is 1. The number of rotatable bonds is 7. The van der Waals surface area contributed by atoms with Crippen molar-refractivity contribution in [3.63, 3.8) is 0 Å². The molecule has 42 heavy (non-hydrogen) atoms. The number of para-hydroxylation sites is 1. The maximum atomic E-state index is 14.5. The average molecular weight is 570 g/mol. The molecule has 2 N–H and O–H groups in total. The Bertz CT molecular complexity index is 1600. The van der Waals surface area contributed by atoms with E-state index in [9.17, 15) is 19.8 Å². The lowest BCUT2D eigenvalue weighted by Gasteiger charge is -2.35. The summed E-state index contributed by atoms with van der Waals surface area (Å²) >= 11 is 0. The number of amides is 1. The molecule has 4 aromatic rings. The van der Waals surface area contributed by atoms with Crippen molar-refractivity contribution in [3.05, 3.63) is 95.2 Å². The Balaban J connectivity index is 1.54. The molecular weight excluding hydrogens is 530 g/mol. The smallest absolute Gasteiger partial charge is 0.335 e. The van der Waals surface area contributed by atoms with Gasteiger partial charge in [0.25, 0.3) is 5.91 Å². The van der Waals surface area contributed by atoms with Gasteiger partial charge in [-0.05, 0) is 48.9 Å². The van der Waals surface area contributed by atoms with Crippen molar-refractivity contribution >= 4 is 22.8 Å². The van der Waals surface area contributed by atoms with E-state index in [-0.39, 0.29) is 36.1 Å². The first-order valence-corrected chi connectivity index (χ1v) is 14.4. The van der Waals surface area contributed by atoms with Crippen LogP contribution in [0.2, 0.25) is 0 Å². The second-order valence-electron chi connectivity index (χ2n) is 11.5. The summed E-state index contributed by atoms with van der Waals surface area (Å²) in [6.45, 7) is 5.71. The highest BCUT2D eigenvalue weighted by molar-refractivity contribution is 6.10. The number of likely N-dealkylation sites (N-methyl/N-ethyl adjacent to an activating group) is 1. The Labute approximate surface area is 246 Å². The number of carboxylic acids is 1. The number of carboxylic acid groups (broad SMARTS) is 1. The van der Waals surface area contributed by atoms with Crippen molar-refractivity contribution in [3.8, 4) is 11.1 Å². The molecule has 1 aromatic heterocycles. The number of hydrogen-bond acceptors (Lipinski definition) is 5. The van der Waals surface area contributed by atoms with Gasteiger partial charge in [0.1, 0.15) is 5.69 Å². The molecule has 2 heterocycles. The highest BCUT2D eigenvalue weighted by Crippen LogP contribution is 2.38. The molecule has 1 amide bonds. The van der Waals surface area contributed by atoms with Crippen LogP contribution in [-0.4, -0.2) is 75.3 Å². The second-order valence-corrected chi connectivity index (χ2v) is 11.5. The number of fused-ring (bicyclic) bond motifs is 5. The highest BCUT2D eigenvalue weighted by Gasteiger charge is 2.33. The molecular formula is C34H39N3O5. The summed E-state index contributed by atoms with van der Waals surface area (Å²) in [6, 6.07) is 22.7. The van der Waals surface area contributed by atoms with Gasteiger partial charge in [-0.1, -0.05) is 61.5 Å². The van der Waals surface area contributed by atoms with Gasteiger partial charge in [-0.3, -0.25) is 9.69 Å². The van der Waals surface area contributed by atoms with E-state index in [1.807, 2.05) is 62.0 Å². The van der Waals surface area contributed by atoms with Crippen LogP contribution in [0.15, 0.2) is 72.8 Å². The third-order valence-electron chi connectivity index (χ3n) is 8.34. The molecule has 0 radical (unpaired) electrons. The van der Waals surface area contributed by atoms with Gasteiger partial charge < -0.3 is 24.4 Å². The van der Waals surface area contributed by atoms with Crippen LogP contribution < -0.4 is 0 Å². The van der Waals surface area contributed by atoms with E-state index in [0.29, 0.717) is 31.9 Å². The molecule has 0 saturated carbocycles.